The van der Waals surface area contributed by atoms with Crippen molar-refractivity contribution in [2.75, 3.05) is 6.54 Å². The third-order valence-electron chi connectivity index (χ3n) is 2.08. The van der Waals surface area contributed by atoms with Gasteiger partial charge in [-0.2, -0.15) is 0 Å². The fourth-order valence-corrected chi connectivity index (χ4v) is 2.64. The molecule has 88 valence electrons. The maximum atomic E-state index is 11.7. The first-order chi connectivity index (χ1) is 7.38. The molecule has 1 rings (SSSR count). The van der Waals surface area contributed by atoms with Crippen molar-refractivity contribution in [2.24, 2.45) is 5.73 Å². The number of hydrogen-bond acceptors (Lipinski definition) is 3. The van der Waals surface area contributed by atoms with Crippen LogP contribution in [-0.2, 0) is 10.0 Å². The van der Waals surface area contributed by atoms with E-state index in [1.807, 2.05) is 0 Å². The molecule has 0 aromatic heterocycles. The van der Waals surface area contributed by atoms with Crippen LogP contribution in [0.25, 0.3) is 0 Å². The Hall–Kier alpha value is -1.40. The van der Waals surface area contributed by atoms with Crippen LogP contribution in [0.15, 0.2) is 23.1 Å². The van der Waals surface area contributed by atoms with Crippen LogP contribution in [-0.4, -0.2) is 20.9 Å². The first kappa shape index (κ1) is 12.7. The zero-order valence-electron chi connectivity index (χ0n) is 9.15. The fourth-order valence-electron chi connectivity index (χ4n) is 1.37. The lowest BCUT2D eigenvalue weighted by Gasteiger charge is -2.08. The SMILES string of the molecule is CCNS(=O)(=O)c1ccc(C(N)=O)cc1C. The zero-order chi connectivity index (χ0) is 12.3. The summed E-state index contributed by atoms with van der Waals surface area (Å²) < 4.78 is 25.8. The zero-order valence-corrected chi connectivity index (χ0v) is 9.97. The molecule has 0 spiro atoms. The van der Waals surface area contributed by atoms with Gasteiger partial charge in [-0.3, -0.25) is 4.79 Å². The summed E-state index contributed by atoms with van der Waals surface area (Å²) in [6.07, 6.45) is 0. The smallest absolute Gasteiger partial charge is 0.248 e. The highest BCUT2D eigenvalue weighted by atomic mass is 32.2. The first-order valence-corrected chi connectivity index (χ1v) is 6.27. The minimum Gasteiger partial charge on any atom is -0.366 e. The Morgan fingerprint density at radius 2 is 2.06 bits per heavy atom. The quantitative estimate of drug-likeness (QED) is 0.800. The molecular weight excluding hydrogens is 228 g/mol. The molecule has 0 heterocycles. The summed E-state index contributed by atoms with van der Waals surface area (Å²) in [7, 11) is -3.49. The van der Waals surface area contributed by atoms with E-state index in [1.165, 1.54) is 18.2 Å². The number of amides is 1. The molecule has 1 aromatic rings. The average molecular weight is 242 g/mol. The molecule has 0 aliphatic heterocycles. The van der Waals surface area contributed by atoms with Crippen LogP contribution in [0.3, 0.4) is 0 Å². The molecule has 0 saturated heterocycles. The van der Waals surface area contributed by atoms with Crippen LogP contribution < -0.4 is 10.5 Å². The van der Waals surface area contributed by atoms with E-state index in [4.69, 9.17) is 5.73 Å². The largest absolute Gasteiger partial charge is 0.366 e. The molecular formula is C10H14N2O3S. The van der Waals surface area contributed by atoms with Crippen molar-refractivity contribution in [2.45, 2.75) is 18.7 Å². The molecule has 16 heavy (non-hydrogen) atoms. The fraction of sp³-hybridized carbons (Fsp3) is 0.300. The van der Waals surface area contributed by atoms with E-state index in [9.17, 15) is 13.2 Å². The Morgan fingerprint density at radius 3 is 2.50 bits per heavy atom. The van der Waals surface area contributed by atoms with E-state index < -0.39 is 15.9 Å². The summed E-state index contributed by atoms with van der Waals surface area (Å²) in [6, 6.07) is 4.25. The maximum Gasteiger partial charge on any atom is 0.248 e. The molecule has 0 bridgehead atoms. The Morgan fingerprint density at radius 1 is 1.44 bits per heavy atom. The number of carbonyl (C=O) groups is 1. The van der Waals surface area contributed by atoms with Gasteiger partial charge < -0.3 is 5.73 Å². The minimum absolute atomic E-state index is 0.166. The number of aryl methyl sites for hydroxylation is 1. The lowest BCUT2D eigenvalue weighted by atomic mass is 10.1. The lowest BCUT2D eigenvalue weighted by molar-refractivity contribution is 0.1000. The Bertz CT molecular complexity index is 509. The van der Waals surface area contributed by atoms with E-state index in [0.29, 0.717) is 17.7 Å². The number of sulfonamides is 1. The molecule has 0 radical (unpaired) electrons. The van der Waals surface area contributed by atoms with E-state index in [1.54, 1.807) is 13.8 Å². The van der Waals surface area contributed by atoms with Crippen LogP contribution in [0.1, 0.15) is 22.8 Å². The molecule has 0 fully saturated rings. The van der Waals surface area contributed by atoms with Gasteiger partial charge in [-0.15, -0.1) is 0 Å². The van der Waals surface area contributed by atoms with Crippen molar-refractivity contribution in [3.63, 3.8) is 0 Å². The molecule has 0 aliphatic carbocycles. The monoisotopic (exact) mass is 242 g/mol. The second-order valence-corrected chi connectivity index (χ2v) is 5.08. The molecule has 5 nitrogen and oxygen atoms in total. The summed E-state index contributed by atoms with van der Waals surface area (Å²) in [5.41, 5.74) is 5.89. The highest BCUT2D eigenvalue weighted by molar-refractivity contribution is 7.89. The van der Waals surface area contributed by atoms with E-state index in [2.05, 4.69) is 4.72 Å². The number of carbonyl (C=O) groups excluding carboxylic acids is 1. The lowest BCUT2D eigenvalue weighted by Crippen LogP contribution is -2.24. The molecule has 0 saturated carbocycles. The molecule has 6 heteroatoms. The van der Waals surface area contributed by atoms with Gasteiger partial charge in [-0.25, -0.2) is 13.1 Å². The maximum absolute atomic E-state index is 11.7. The summed E-state index contributed by atoms with van der Waals surface area (Å²) >= 11 is 0. The van der Waals surface area contributed by atoms with Gasteiger partial charge in [0.15, 0.2) is 0 Å². The van der Waals surface area contributed by atoms with E-state index >= 15 is 0 Å². The molecule has 1 aromatic carbocycles. The van der Waals surface area contributed by atoms with Crippen molar-refractivity contribution in [1.82, 2.24) is 4.72 Å². The number of hydrogen-bond donors (Lipinski definition) is 2. The number of primary amides is 1. The first-order valence-electron chi connectivity index (χ1n) is 4.78. The predicted molar refractivity (Wildman–Crippen MR) is 60.6 cm³/mol. The molecule has 0 unspecified atom stereocenters. The van der Waals surface area contributed by atoms with E-state index in [-0.39, 0.29) is 4.90 Å². The van der Waals surface area contributed by atoms with Crippen molar-refractivity contribution in [1.29, 1.82) is 0 Å². The average Bonchev–Trinajstić information content (AvgIpc) is 2.16. The topological polar surface area (TPSA) is 89.3 Å². The van der Waals surface area contributed by atoms with Gasteiger partial charge >= 0.3 is 0 Å². The third-order valence-corrected chi connectivity index (χ3v) is 3.79. The summed E-state index contributed by atoms with van der Waals surface area (Å²) in [5.74, 6) is -0.574. The van der Waals surface area contributed by atoms with Crippen LogP contribution in [0, 0.1) is 6.92 Å². The van der Waals surface area contributed by atoms with Crippen LogP contribution >= 0.6 is 0 Å². The van der Waals surface area contributed by atoms with Gasteiger partial charge in [0, 0.05) is 12.1 Å². The molecule has 0 atom stereocenters. The predicted octanol–water partition coefficient (Wildman–Crippen LogP) is 0.392. The second kappa shape index (κ2) is 4.63. The number of benzene rings is 1. The van der Waals surface area contributed by atoms with Gasteiger partial charge in [-0.05, 0) is 30.7 Å². The number of nitrogens with one attached hydrogen (secondary N) is 1. The number of rotatable bonds is 4. The Labute approximate surface area is 94.7 Å². The Balaban J connectivity index is 3.23. The summed E-state index contributed by atoms with van der Waals surface area (Å²) in [4.78, 5) is 11.1. The highest BCUT2D eigenvalue weighted by Crippen LogP contribution is 2.16. The van der Waals surface area contributed by atoms with Crippen LogP contribution in [0.4, 0.5) is 0 Å². The van der Waals surface area contributed by atoms with Crippen molar-refractivity contribution >= 4 is 15.9 Å². The standard InChI is InChI=1S/C10H14N2O3S/c1-3-12-16(14,15)9-5-4-8(10(11)13)6-7(9)2/h4-6,12H,3H2,1-2H3,(H2,11,13). The minimum atomic E-state index is -3.49. The second-order valence-electron chi connectivity index (χ2n) is 3.35. The van der Waals surface area contributed by atoms with Crippen molar-refractivity contribution in [3.8, 4) is 0 Å². The van der Waals surface area contributed by atoms with Crippen molar-refractivity contribution < 1.29 is 13.2 Å². The van der Waals surface area contributed by atoms with Gasteiger partial charge in [0.05, 0.1) is 4.90 Å². The van der Waals surface area contributed by atoms with E-state index in [0.717, 1.165) is 0 Å². The van der Waals surface area contributed by atoms with Gasteiger partial charge in [0.25, 0.3) is 0 Å². The summed E-state index contributed by atoms with van der Waals surface area (Å²) in [6.45, 7) is 3.64. The molecule has 3 N–H and O–H groups in total. The van der Waals surface area contributed by atoms with Gasteiger partial charge in [0.1, 0.15) is 0 Å². The number of nitrogens with two attached hydrogens (primary N) is 1. The molecule has 0 aliphatic rings. The van der Waals surface area contributed by atoms with Crippen LogP contribution in [0.5, 0.6) is 0 Å². The van der Waals surface area contributed by atoms with Gasteiger partial charge in [0.2, 0.25) is 15.9 Å². The normalized spacial score (nSPS) is 11.4. The third kappa shape index (κ3) is 2.59. The molecule has 1 amide bonds. The van der Waals surface area contributed by atoms with Gasteiger partial charge in [-0.1, -0.05) is 6.92 Å². The Kier molecular flexibility index (Phi) is 3.66. The van der Waals surface area contributed by atoms with Crippen LogP contribution in [0.2, 0.25) is 0 Å². The highest BCUT2D eigenvalue weighted by Gasteiger charge is 2.16. The van der Waals surface area contributed by atoms with Crippen molar-refractivity contribution in [3.05, 3.63) is 29.3 Å². The summed E-state index contributed by atoms with van der Waals surface area (Å²) in [5, 5.41) is 0.